The zero-order chi connectivity index (χ0) is 18.7. The lowest BCUT2D eigenvalue weighted by molar-refractivity contribution is 0.277. The van der Waals surface area contributed by atoms with E-state index in [0.29, 0.717) is 29.2 Å². The largest absolute Gasteiger partial charge is 0.396 e. The first-order valence-electron chi connectivity index (χ1n) is 7.96. The van der Waals surface area contributed by atoms with Gasteiger partial charge in [-0.05, 0) is 30.2 Å². The van der Waals surface area contributed by atoms with Crippen molar-refractivity contribution in [3.8, 4) is 22.4 Å². The molecule has 0 atom stereocenters. The van der Waals surface area contributed by atoms with E-state index in [1.54, 1.807) is 35.0 Å². The van der Waals surface area contributed by atoms with Crippen LogP contribution in [-0.4, -0.2) is 29.9 Å². The van der Waals surface area contributed by atoms with E-state index >= 15 is 0 Å². The molecule has 0 fully saturated rings. The number of hydrogen-bond donors (Lipinski definition) is 2. The predicted molar refractivity (Wildman–Crippen MR) is 101 cm³/mol. The average molecular weight is 392 g/mol. The van der Waals surface area contributed by atoms with Gasteiger partial charge >= 0.3 is 0 Å². The van der Waals surface area contributed by atoms with Crippen LogP contribution in [0.5, 0.6) is 0 Å². The quantitative estimate of drug-likeness (QED) is 0.674. The third-order valence-electron chi connectivity index (χ3n) is 3.91. The molecule has 136 valence electrons. The number of aliphatic hydroxyl groups is 1. The Balaban J connectivity index is 2.20. The monoisotopic (exact) mass is 391 g/mol. The van der Waals surface area contributed by atoms with E-state index in [0.717, 1.165) is 11.1 Å². The molecule has 1 aromatic heterocycles. The number of primary sulfonamides is 1. The average Bonchev–Trinajstić information content (AvgIpc) is 3.04. The molecule has 0 radical (unpaired) electrons. The molecule has 3 rings (SSSR count). The van der Waals surface area contributed by atoms with E-state index < -0.39 is 10.0 Å². The molecule has 1 heterocycles. The van der Waals surface area contributed by atoms with Gasteiger partial charge in [0.05, 0.1) is 4.90 Å². The van der Waals surface area contributed by atoms with Crippen LogP contribution in [0.15, 0.2) is 59.6 Å². The first-order valence-corrected chi connectivity index (χ1v) is 9.89. The number of aryl methyl sites for hydroxylation is 1. The van der Waals surface area contributed by atoms with Crippen molar-refractivity contribution in [3.63, 3.8) is 0 Å². The highest BCUT2D eigenvalue weighted by atomic mass is 35.5. The molecule has 0 unspecified atom stereocenters. The van der Waals surface area contributed by atoms with Gasteiger partial charge in [0.15, 0.2) is 0 Å². The van der Waals surface area contributed by atoms with E-state index in [1.807, 2.05) is 18.3 Å². The van der Waals surface area contributed by atoms with Crippen molar-refractivity contribution in [3.05, 3.63) is 59.8 Å². The standard InChI is InChI=1S/C18H18ClN3O3S/c19-14-8-6-13(7-9-14)16-12-22(10-3-11-23)21-18(16)15-4-1-2-5-17(15)26(20,24)25/h1-2,4-9,12,23H,3,10-11H2,(H2,20,24,25). The summed E-state index contributed by atoms with van der Waals surface area (Å²) in [7, 11) is -3.91. The highest BCUT2D eigenvalue weighted by Crippen LogP contribution is 2.34. The van der Waals surface area contributed by atoms with Crippen molar-refractivity contribution < 1.29 is 13.5 Å². The smallest absolute Gasteiger partial charge is 0.238 e. The maximum atomic E-state index is 12.0. The van der Waals surface area contributed by atoms with Gasteiger partial charge in [0.2, 0.25) is 10.0 Å². The number of halogens is 1. The second-order valence-corrected chi connectivity index (χ2v) is 7.75. The van der Waals surface area contributed by atoms with Crippen LogP contribution in [0.3, 0.4) is 0 Å². The van der Waals surface area contributed by atoms with Crippen molar-refractivity contribution in [2.24, 2.45) is 5.14 Å². The van der Waals surface area contributed by atoms with Crippen molar-refractivity contribution in [1.29, 1.82) is 0 Å². The van der Waals surface area contributed by atoms with Gasteiger partial charge in [-0.1, -0.05) is 41.9 Å². The van der Waals surface area contributed by atoms with Gasteiger partial charge in [0.25, 0.3) is 0 Å². The van der Waals surface area contributed by atoms with Crippen LogP contribution in [0.1, 0.15) is 6.42 Å². The molecular weight excluding hydrogens is 374 g/mol. The Hall–Kier alpha value is -2.19. The second kappa shape index (κ2) is 7.59. The minimum absolute atomic E-state index is 0.0163. The third-order valence-corrected chi connectivity index (χ3v) is 5.13. The molecule has 0 saturated heterocycles. The number of aliphatic hydroxyl groups excluding tert-OH is 1. The molecule has 26 heavy (non-hydrogen) atoms. The van der Waals surface area contributed by atoms with Crippen LogP contribution in [0.4, 0.5) is 0 Å². The molecule has 3 N–H and O–H groups in total. The van der Waals surface area contributed by atoms with Gasteiger partial charge in [0, 0.05) is 35.5 Å². The fraction of sp³-hybridized carbons (Fsp3) is 0.167. The van der Waals surface area contributed by atoms with E-state index in [9.17, 15) is 8.42 Å². The molecule has 0 aliphatic heterocycles. The minimum atomic E-state index is -3.91. The number of benzene rings is 2. The van der Waals surface area contributed by atoms with Gasteiger partial charge in [-0.25, -0.2) is 13.6 Å². The normalized spacial score (nSPS) is 11.7. The van der Waals surface area contributed by atoms with Crippen LogP contribution in [0.25, 0.3) is 22.4 Å². The minimum Gasteiger partial charge on any atom is -0.396 e. The first kappa shape index (κ1) is 18.6. The van der Waals surface area contributed by atoms with Gasteiger partial charge in [0.1, 0.15) is 5.69 Å². The molecule has 0 bridgehead atoms. The van der Waals surface area contributed by atoms with Crippen LogP contribution in [0.2, 0.25) is 5.02 Å². The summed E-state index contributed by atoms with van der Waals surface area (Å²) in [5.41, 5.74) is 2.55. The lowest BCUT2D eigenvalue weighted by Gasteiger charge is -2.08. The highest BCUT2D eigenvalue weighted by Gasteiger charge is 2.20. The molecule has 0 spiro atoms. The van der Waals surface area contributed by atoms with Crippen molar-refractivity contribution in [2.75, 3.05) is 6.61 Å². The molecule has 6 nitrogen and oxygen atoms in total. The zero-order valence-corrected chi connectivity index (χ0v) is 15.4. The summed E-state index contributed by atoms with van der Waals surface area (Å²) in [6.45, 7) is 0.549. The van der Waals surface area contributed by atoms with Crippen LogP contribution in [-0.2, 0) is 16.6 Å². The number of rotatable bonds is 6. The molecule has 0 aliphatic rings. The summed E-state index contributed by atoms with van der Waals surface area (Å²) in [6.07, 6.45) is 2.37. The number of aromatic nitrogens is 2. The van der Waals surface area contributed by atoms with Crippen LogP contribution < -0.4 is 5.14 Å². The van der Waals surface area contributed by atoms with Crippen molar-refractivity contribution in [1.82, 2.24) is 9.78 Å². The summed E-state index contributed by atoms with van der Waals surface area (Å²) < 4.78 is 25.7. The summed E-state index contributed by atoms with van der Waals surface area (Å²) in [5.74, 6) is 0. The Morgan fingerprint density at radius 3 is 2.42 bits per heavy atom. The van der Waals surface area contributed by atoms with Crippen LogP contribution >= 0.6 is 11.6 Å². The van der Waals surface area contributed by atoms with E-state index in [-0.39, 0.29) is 11.5 Å². The maximum Gasteiger partial charge on any atom is 0.238 e. The fourth-order valence-electron chi connectivity index (χ4n) is 2.72. The summed E-state index contributed by atoms with van der Waals surface area (Å²) in [4.78, 5) is 0.0163. The Bertz CT molecular complexity index is 1010. The number of hydrogen-bond acceptors (Lipinski definition) is 4. The lowest BCUT2D eigenvalue weighted by Crippen LogP contribution is -2.13. The van der Waals surface area contributed by atoms with Gasteiger partial charge in [-0.2, -0.15) is 5.10 Å². The van der Waals surface area contributed by atoms with Gasteiger partial charge in [-0.15, -0.1) is 0 Å². The Kier molecular flexibility index (Phi) is 5.43. The SMILES string of the molecule is NS(=O)(=O)c1ccccc1-c1nn(CCCO)cc1-c1ccc(Cl)cc1. The molecule has 0 aliphatic carbocycles. The molecule has 0 saturated carbocycles. The molecule has 8 heteroatoms. The number of nitrogens with two attached hydrogens (primary N) is 1. The van der Waals surface area contributed by atoms with Crippen molar-refractivity contribution in [2.45, 2.75) is 17.9 Å². The zero-order valence-electron chi connectivity index (χ0n) is 13.8. The summed E-state index contributed by atoms with van der Waals surface area (Å²) in [5, 5.41) is 19.6. The van der Waals surface area contributed by atoms with E-state index in [4.69, 9.17) is 21.8 Å². The first-order chi connectivity index (χ1) is 12.4. The lowest BCUT2D eigenvalue weighted by atomic mass is 10.0. The Morgan fingerprint density at radius 1 is 1.08 bits per heavy atom. The van der Waals surface area contributed by atoms with Gasteiger partial charge in [-0.3, -0.25) is 4.68 Å². The summed E-state index contributed by atoms with van der Waals surface area (Å²) in [6, 6.07) is 13.7. The Labute approximate surface area is 156 Å². The second-order valence-electron chi connectivity index (χ2n) is 5.78. The molecule has 2 aromatic carbocycles. The predicted octanol–water partition coefficient (Wildman–Crippen LogP) is 2.90. The fourth-order valence-corrected chi connectivity index (χ4v) is 3.58. The van der Waals surface area contributed by atoms with E-state index in [2.05, 4.69) is 5.10 Å². The summed E-state index contributed by atoms with van der Waals surface area (Å²) >= 11 is 5.97. The van der Waals surface area contributed by atoms with Crippen LogP contribution in [0, 0.1) is 0 Å². The topological polar surface area (TPSA) is 98.2 Å². The number of sulfonamides is 1. The molecule has 0 amide bonds. The third kappa shape index (κ3) is 3.96. The maximum absolute atomic E-state index is 12.0. The van der Waals surface area contributed by atoms with Gasteiger partial charge < -0.3 is 5.11 Å². The molecule has 3 aromatic rings. The number of nitrogens with zero attached hydrogens (tertiary/aromatic N) is 2. The highest BCUT2D eigenvalue weighted by molar-refractivity contribution is 7.89. The Morgan fingerprint density at radius 2 is 1.77 bits per heavy atom. The van der Waals surface area contributed by atoms with Crippen molar-refractivity contribution >= 4 is 21.6 Å². The molecular formula is C18H18ClN3O3S. The van der Waals surface area contributed by atoms with E-state index in [1.165, 1.54) is 6.07 Å².